The summed E-state index contributed by atoms with van der Waals surface area (Å²) in [5.41, 5.74) is 2.77. The quantitative estimate of drug-likeness (QED) is 0.548. The van der Waals surface area contributed by atoms with Gasteiger partial charge in [-0.3, -0.25) is 0 Å². The van der Waals surface area contributed by atoms with Crippen LogP contribution in [0.3, 0.4) is 0 Å². The van der Waals surface area contributed by atoms with E-state index < -0.39 is 0 Å². The van der Waals surface area contributed by atoms with Gasteiger partial charge in [0.05, 0.1) is 12.3 Å². The Hall–Kier alpha value is -1.29. The van der Waals surface area contributed by atoms with Gasteiger partial charge in [0.1, 0.15) is 13.5 Å². The number of hydrogen-bond donors (Lipinski definition) is 1. The molecule has 0 radical (unpaired) electrons. The van der Waals surface area contributed by atoms with Crippen LogP contribution >= 0.6 is 0 Å². The number of rotatable bonds is 1. The number of pyridine rings is 1. The minimum Gasteiger partial charge on any atom is -0.390 e. The Bertz CT molecular complexity index is 410. The second kappa shape index (κ2) is 2.64. The number of hydrogen-bond acceptors (Lipinski definition) is 2. The molecule has 60 valence electrons. The molecule has 2 rings (SSSR count). The van der Waals surface area contributed by atoms with Crippen molar-refractivity contribution in [2.75, 3.05) is 0 Å². The highest BCUT2D eigenvalue weighted by atomic mass is 16.3. The summed E-state index contributed by atoms with van der Waals surface area (Å²) in [6.07, 6.45) is 3.82. The number of aliphatic hydroxyl groups is 1. The van der Waals surface area contributed by atoms with Crippen LogP contribution in [0.15, 0.2) is 24.5 Å². The predicted octanol–water partition coefficient (Wildman–Crippen LogP) is -0.915. The van der Waals surface area contributed by atoms with Crippen LogP contribution in [0.5, 0.6) is 0 Å². The second-order valence-electron chi connectivity index (χ2n) is 2.86. The van der Waals surface area contributed by atoms with Gasteiger partial charge in [0.15, 0.2) is 0 Å². The van der Waals surface area contributed by atoms with Gasteiger partial charge in [0, 0.05) is 12.4 Å². The lowest BCUT2D eigenvalue weighted by Gasteiger charge is -1.93. The highest BCUT2D eigenvalue weighted by Gasteiger charge is 1.98. The Morgan fingerprint density at radius 2 is 2.25 bits per heavy atom. The molecule has 1 N–H and O–H groups in total. The predicted molar refractivity (Wildman–Crippen MR) is 49.3 cm³/mol. The van der Waals surface area contributed by atoms with E-state index in [2.05, 4.69) is 4.98 Å². The van der Waals surface area contributed by atoms with Gasteiger partial charge in [-0.05, 0) is 6.07 Å². The summed E-state index contributed by atoms with van der Waals surface area (Å²) >= 11 is 0. The van der Waals surface area contributed by atoms with Gasteiger partial charge in [-0.15, -0.1) is 0 Å². The van der Waals surface area contributed by atoms with Crippen molar-refractivity contribution in [3.8, 4) is 0 Å². The molecule has 0 fully saturated rings. The summed E-state index contributed by atoms with van der Waals surface area (Å²) in [7, 11) is 2.03. The molecule has 2 aromatic heterocycles. The molecule has 2 aromatic rings. The number of imidazole rings is 1. The molecule has 12 heavy (non-hydrogen) atoms. The van der Waals surface area contributed by atoms with Gasteiger partial charge < -0.3 is 9.51 Å². The van der Waals surface area contributed by atoms with Crippen LogP contribution in [0.4, 0.5) is 0 Å². The molecule has 0 saturated heterocycles. The van der Waals surface area contributed by atoms with Crippen LogP contribution in [-0.2, 0) is 6.61 Å². The molecule has 0 bridgehead atoms. The lowest BCUT2D eigenvalue weighted by molar-refractivity contribution is 0.277. The van der Waals surface area contributed by atoms with E-state index in [1.807, 2.05) is 36.8 Å². The Balaban J connectivity index is 2.67. The van der Waals surface area contributed by atoms with E-state index in [0.717, 1.165) is 5.65 Å². The average Bonchev–Trinajstić information content (AvgIpc) is 2.46. The summed E-state index contributed by atoms with van der Waals surface area (Å²) in [6.45, 7) is 0.000722. The molecular weight excluding hydrogens is 151 g/mol. The van der Waals surface area contributed by atoms with E-state index in [1.165, 1.54) is 5.46 Å². The third-order valence-electron chi connectivity index (χ3n) is 1.81. The maximum Gasteiger partial charge on any atom is 0.141 e. The van der Waals surface area contributed by atoms with E-state index in [1.54, 1.807) is 0 Å². The molecule has 0 atom stereocenters. The molecule has 0 spiro atoms. The van der Waals surface area contributed by atoms with Gasteiger partial charge in [-0.25, -0.2) is 4.98 Å². The summed E-state index contributed by atoms with van der Waals surface area (Å²) in [5.74, 6) is 0. The zero-order valence-electron chi connectivity index (χ0n) is 6.86. The first-order valence-corrected chi connectivity index (χ1v) is 3.85. The van der Waals surface area contributed by atoms with Crippen molar-refractivity contribution in [3.63, 3.8) is 0 Å². The van der Waals surface area contributed by atoms with Crippen molar-refractivity contribution >= 4 is 19.0 Å². The molecule has 0 aliphatic rings. The second-order valence-corrected chi connectivity index (χ2v) is 2.86. The van der Waals surface area contributed by atoms with Crippen LogP contribution in [0.25, 0.3) is 5.65 Å². The SMILES string of the molecule is Bc1ccc2nc(CO)cn2c1. The third kappa shape index (κ3) is 1.10. The Morgan fingerprint density at radius 3 is 3.00 bits per heavy atom. The van der Waals surface area contributed by atoms with Gasteiger partial charge >= 0.3 is 0 Å². The Kier molecular flexibility index (Phi) is 1.62. The largest absolute Gasteiger partial charge is 0.390 e. The highest BCUT2D eigenvalue weighted by Crippen LogP contribution is 2.02. The zero-order valence-corrected chi connectivity index (χ0v) is 6.86. The number of nitrogens with zero attached hydrogens (tertiary/aromatic N) is 2. The summed E-state index contributed by atoms with van der Waals surface area (Å²) in [5, 5.41) is 8.83. The fourth-order valence-electron chi connectivity index (χ4n) is 1.23. The zero-order chi connectivity index (χ0) is 8.55. The molecule has 0 aliphatic heterocycles. The van der Waals surface area contributed by atoms with Gasteiger partial charge in [-0.2, -0.15) is 0 Å². The number of aromatic nitrogens is 2. The van der Waals surface area contributed by atoms with Crippen molar-refractivity contribution in [2.45, 2.75) is 6.61 Å². The molecule has 3 nitrogen and oxygen atoms in total. The first-order chi connectivity index (χ1) is 5.79. The fourth-order valence-corrected chi connectivity index (χ4v) is 1.23. The topological polar surface area (TPSA) is 37.5 Å². The average molecular weight is 160 g/mol. The monoisotopic (exact) mass is 160 g/mol. The van der Waals surface area contributed by atoms with E-state index >= 15 is 0 Å². The molecule has 2 heterocycles. The molecule has 0 aromatic carbocycles. The van der Waals surface area contributed by atoms with Gasteiger partial charge in [-0.1, -0.05) is 11.5 Å². The van der Waals surface area contributed by atoms with Crippen molar-refractivity contribution in [2.24, 2.45) is 0 Å². The van der Waals surface area contributed by atoms with Crippen LogP contribution < -0.4 is 5.46 Å². The summed E-state index contributed by atoms with van der Waals surface area (Å²) in [4.78, 5) is 4.19. The fraction of sp³-hybridized carbons (Fsp3) is 0.125. The number of fused-ring (bicyclic) bond motifs is 1. The van der Waals surface area contributed by atoms with Crippen LogP contribution in [0.2, 0.25) is 0 Å². The summed E-state index contributed by atoms with van der Waals surface area (Å²) < 4.78 is 1.92. The van der Waals surface area contributed by atoms with Crippen LogP contribution in [-0.4, -0.2) is 22.3 Å². The highest BCUT2D eigenvalue weighted by molar-refractivity contribution is 6.32. The minimum atomic E-state index is 0.000722. The number of aliphatic hydroxyl groups excluding tert-OH is 1. The maximum atomic E-state index is 8.83. The first kappa shape index (κ1) is 7.37. The molecule has 0 unspecified atom stereocenters. The van der Waals surface area contributed by atoms with E-state index in [-0.39, 0.29) is 6.61 Å². The molecular formula is C8H9BN2O. The molecule has 0 saturated carbocycles. The van der Waals surface area contributed by atoms with E-state index in [0.29, 0.717) is 5.69 Å². The smallest absolute Gasteiger partial charge is 0.141 e. The van der Waals surface area contributed by atoms with Crippen LogP contribution in [0, 0.1) is 0 Å². The normalized spacial score (nSPS) is 10.8. The molecule has 0 aliphatic carbocycles. The lowest BCUT2D eigenvalue weighted by Crippen LogP contribution is -2.03. The Labute approximate surface area is 71.1 Å². The maximum absolute atomic E-state index is 8.83. The Morgan fingerprint density at radius 1 is 1.42 bits per heavy atom. The first-order valence-electron chi connectivity index (χ1n) is 3.85. The third-order valence-corrected chi connectivity index (χ3v) is 1.81. The van der Waals surface area contributed by atoms with Crippen molar-refractivity contribution in [3.05, 3.63) is 30.2 Å². The van der Waals surface area contributed by atoms with Crippen molar-refractivity contribution in [1.82, 2.24) is 9.38 Å². The lowest BCUT2D eigenvalue weighted by atomic mass is 9.99. The molecule has 4 heteroatoms. The minimum absolute atomic E-state index is 0.000722. The van der Waals surface area contributed by atoms with Gasteiger partial charge in [0.2, 0.25) is 0 Å². The van der Waals surface area contributed by atoms with Crippen LogP contribution in [0.1, 0.15) is 5.69 Å². The van der Waals surface area contributed by atoms with E-state index in [4.69, 9.17) is 5.11 Å². The standard InChI is InChI=1S/C8H9BN2O/c9-6-1-2-8-10-7(5-12)4-11(8)3-6/h1-4,12H,5,9H2. The summed E-state index contributed by atoms with van der Waals surface area (Å²) in [6, 6.07) is 3.94. The van der Waals surface area contributed by atoms with Gasteiger partial charge in [0.25, 0.3) is 0 Å². The van der Waals surface area contributed by atoms with Crippen molar-refractivity contribution in [1.29, 1.82) is 0 Å². The van der Waals surface area contributed by atoms with Crippen molar-refractivity contribution < 1.29 is 5.11 Å². The van der Waals surface area contributed by atoms with E-state index in [9.17, 15) is 0 Å². The molecule has 0 amide bonds.